The Balaban J connectivity index is 1.53. The van der Waals surface area contributed by atoms with Crippen molar-refractivity contribution < 1.29 is 19.0 Å². The van der Waals surface area contributed by atoms with Gasteiger partial charge in [0, 0.05) is 6.54 Å². The van der Waals surface area contributed by atoms with E-state index in [0.29, 0.717) is 19.8 Å². The van der Waals surface area contributed by atoms with Crippen LogP contribution < -0.4 is 9.47 Å². The third-order valence-electron chi connectivity index (χ3n) is 4.88. The molecular weight excluding hydrogens is 382 g/mol. The molecule has 0 spiro atoms. The first kappa shape index (κ1) is 23.7. The molecule has 0 N–H and O–H groups in total. The van der Waals surface area contributed by atoms with Crippen molar-refractivity contribution in [1.82, 2.24) is 14.8 Å². The molecule has 1 aromatic carbocycles. The second-order valence-corrected chi connectivity index (χ2v) is 7.95. The topological polar surface area (TPSA) is 75.5 Å². The number of hydrogen-bond donors (Lipinski definition) is 0. The molecule has 0 saturated carbocycles. The predicted octanol–water partition coefficient (Wildman–Crippen LogP) is 4.67. The van der Waals surface area contributed by atoms with Gasteiger partial charge >= 0.3 is 5.97 Å². The number of rotatable bonds is 15. The van der Waals surface area contributed by atoms with Gasteiger partial charge in [0.05, 0.1) is 25.2 Å². The summed E-state index contributed by atoms with van der Waals surface area (Å²) in [7, 11) is 0. The van der Waals surface area contributed by atoms with E-state index in [0.717, 1.165) is 56.6 Å². The summed E-state index contributed by atoms with van der Waals surface area (Å²) < 4.78 is 18.5. The van der Waals surface area contributed by atoms with Gasteiger partial charge in [0.25, 0.3) is 0 Å². The lowest BCUT2D eigenvalue weighted by Crippen LogP contribution is -2.26. The van der Waals surface area contributed by atoms with Gasteiger partial charge in [-0.15, -0.1) is 0 Å². The molecule has 2 rings (SSSR count). The lowest BCUT2D eigenvalue weighted by molar-refractivity contribution is -0.153. The van der Waals surface area contributed by atoms with Crippen LogP contribution in [0.3, 0.4) is 0 Å². The molecule has 7 nitrogen and oxygen atoms in total. The zero-order valence-corrected chi connectivity index (χ0v) is 18.5. The number of unbranched alkanes of at least 4 members (excludes halogenated alkanes) is 3. The molecule has 0 fully saturated rings. The average molecular weight is 418 g/mol. The molecule has 0 bridgehead atoms. The molecule has 166 valence electrons. The predicted molar refractivity (Wildman–Crippen MR) is 116 cm³/mol. The first-order valence-corrected chi connectivity index (χ1v) is 10.9. The zero-order valence-electron chi connectivity index (χ0n) is 18.5. The van der Waals surface area contributed by atoms with E-state index >= 15 is 0 Å². The molecule has 0 aliphatic rings. The number of benzene rings is 1. The molecule has 1 heterocycles. The van der Waals surface area contributed by atoms with Crippen LogP contribution in [0.15, 0.2) is 36.9 Å². The number of carbonyl (C=O) groups excluding carboxylic acids is 1. The Kier molecular flexibility index (Phi) is 10.2. The first-order chi connectivity index (χ1) is 14.5. The molecular formula is C23H35N3O4. The van der Waals surface area contributed by atoms with Gasteiger partial charge in [0.2, 0.25) is 0 Å². The maximum absolute atomic E-state index is 11.9. The lowest BCUT2D eigenvalue weighted by atomic mass is 9.87. The number of esters is 1. The highest BCUT2D eigenvalue weighted by molar-refractivity contribution is 5.75. The second-order valence-electron chi connectivity index (χ2n) is 7.95. The van der Waals surface area contributed by atoms with Crippen LogP contribution in [-0.4, -0.2) is 40.6 Å². The van der Waals surface area contributed by atoms with E-state index in [1.807, 2.05) is 49.7 Å². The standard InChI is InChI=1S/C23H35N3O4/c1-4-28-22(27)23(2,3)14-6-9-17-30-21-12-10-20(11-13-21)29-16-8-5-7-15-26-19-24-18-25-26/h10-13,18-19H,4-9,14-17H2,1-3H3. The third-order valence-corrected chi connectivity index (χ3v) is 4.88. The highest BCUT2D eigenvalue weighted by Crippen LogP contribution is 2.25. The maximum Gasteiger partial charge on any atom is 0.311 e. The molecule has 0 aliphatic carbocycles. The molecule has 30 heavy (non-hydrogen) atoms. The Bertz CT molecular complexity index is 715. The van der Waals surface area contributed by atoms with Gasteiger partial charge in [0.15, 0.2) is 0 Å². The van der Waals surface area contributed by atoms with Crippen LogP contribution in [0.2, 0.25) is 0 Å². The van der Waals surface area contributed by atoms with E-state index < -0.39 is 5.41 Å². The van der Waals surface area contributed by atoms with Crippen LogP contribution >= 0.6 is 0 Å². The number of nitrogens with zero attached hydrogens (tertiary/aromatic N) is 3. The van der Waals surface area contributed by atoms with Gasteiger partial charge in [-0.05, 0) is 83.6 Å². The normalized spacial score (nSPS) is 11.3. The third kappa shape index (κ3) is 8.84. The van der Waals surface area contributed by atoms with Gasteiger partial charge in [-0.3, -0.25) is 9.48 Å². The summed E-state index contributed by atoms with van der Waals surface area (Å²) in [5.41, 5.74) is -0.439. The van der Waals surface area contributed by atoms with E-state index in [9.17, 15) is 4.79 Å². The number of aromatic nitrogens is 3. The molecule has 0 aliphatic heterocycles. The van der Waals surface area contributed by atoms with Crippen molar-refractivity contribution >= 4 is 5.97 Å². The van der Waals surface area contributed by atoms with Crippen LogP contribution in [0.4, 0.5) is 0 Å². The van der Waals surface area contributed by atoms with Crippen LogP contribution in [0.25, 0.3) is 0 Å². The number of ether oxygens (including phenoxy) is 3. The summed E-state index contributed by atoms with van der Waals surface area (Å²) in [6.45, 7) is 8.35. The van der Waals surface area contributed by atoms with Gasteiger partial charge in [0.1, 0.15) is 24.2 Å². The van der Waals surface area contributed by atoms with E-state index in [1.54, 1.807) is 12.7 Å². The van der Waals surface area contributed by atoms with Crippen molar-refractivity contribution in [2.24, 2.45) is 5.41 Å². The van der Waals surface area contributed by atoms with Gasteiger partial charge < -0.3 is 14.2 Å². The van der Waals surface area contributed by atoms with E-state index in [1.165, 1.54) is 0 Å². The Morgan fingerprint density at radius 1 is 0.967 bits per heavy atom. The molecule has 0 unspecified atom stereocenters. The zero-order chi connectivity index (χ0) is 21.7. The SMILES string of the molecule is CCOC(=O)C(C)(C)CCCCOc1ccc(OCCCCCn2cncn2)cc1. The van der Waals surface area contributed by atoms with Gasteiger partial charge in [-0.25, -0.2) is 4.98 Å². The minimum atomic E-state index is -0.439. The minimum Gasteiger partial charge on any atom is -0.494 e. The van der Waals surface area contributed by atoms with Crippen LogP contribution in [0.5, 0.6) is 11.5 Å². The smallest absolute Gasteiger partial charge is 0.311 e. The van der Waals surface area contributed by atoms with Crippen molar-refractivity contribution in [3.05, 3.63) is 36.9 Å². The van der Waals surface area contributed by atoms with Gasteiger partial charge in [-0.1, -0.05) is 0 Å². The maximum atomic E-state index is 11.9. The van der Waals surface area contributed by atoms with E-state index in [2.05, 4.69) is 10.1 Å². The lowest BCUT2D eigenvalue weighted by Gasteiger charge is -2.21. The van der Waals surface area contributed by atoms with Crippen LogP contribution in [0.1, 0.15) is 59.3 Å². The van der Waals surface area contributed by atoms with Crippen molar-refractivity contribution in [1.29, 1.82) is 0 Å². The van der Waals surface area contributed by atoms with E-state index in [4.69, 9.17) is 14.2 Å². The largest absolute Gasteiger partial charge is 0.494 e. The number of aryl methyl sites for hydroxylation is 1. The van der Waals surface area contributed by atoms with Crippen LogP contribution in [-0.2, 0) is 16.1 Å². The quantitative estimate of drug-likeness (QED) is 0.310. The molecule has 0 saturated heterocycles. The van der Waals surface area contributed by atoms with Crippen molar-refractivity contribution in [3.63, 3.8) is 0 Å². The Morgan fingerprint density at radius 3 is 2.17 bits per heavy atom. The Morgan fingerprint density at radius 2 is 1.60 bits per heavy atom. The molecule has 2 aromatic rings. The van der Waals surface area contributed by atoms with Crippen molar-refractivity contribution in [2.45, 2.75) is 65.8 Å². The monoisotopic (exact) mass is 417 g/mol. The summed E-state index contributed by atoms with van der Waals surface area (Å²) in [6.07, 6.45) is 9.08. The molecule has 0 radical (unpaired) electrons. The Labute approximate surface area is 179 Å². The number of carbonyl (C=O) groups is 1. The van der Waals surface area contributed by atoms with Crippen molar-refractivity contribution in [2.75, 3.05) is 19.8 Å². The fraction of sp³-hybridized carbons (Fsp3) is 0.609. The van der Waals surface area contributed by atoms with E-state index in [-0.39, 0.29) is 5.97 Å². The summed E-state index contributed by atoms with van der Waals surface area (Å²) in [6, 6.07) is 7.74. The molecule has 1 aromatic heterocycles. The minimum absolute atomic E-state index is 0.128. The first-order valence-electron chi connectivity index (χ1n) is 10.9. The highest BCUT2D eigenvalue weighted by atomic mass is 16.5. The van der Waals surface area contributed by atoms with Crippen LogP contribution in [0, 0.1) is 5.41 Å². The fourth-order valence-electron chi connectivity index (χ4n) is 3.01. The molecule has 0 atom stereocenters. The number of hydrogen-bond acceptors (Lipinski definition) is 6. The highest BCUT2D eigenvalue weighted by Gasteiger charge is 2.28. The van der Waals surface area contributed by atoms with Crippen molar-refractivity contribution in [3.8, 4) is 11.5 Å². The average Bonchev–Trinajstić information content (AvgIpc) is 3.25. The second kappa shape index (κ2) is 12.9. The van der Waals surface area contributed by atoms with Gasteiger partial charge in [-0.2, -0.15) is 5.10 Å². The summed E-state index contributed by atoms with van der Waals surface area (Å²) in [4.78, 5) is 15.8. The Hall–Kier alpha value is -2.57. The fourth-order valence-corrected chi connectivity index (χ4v) is 3.01. The summed E-state index contributed by atoms with van der Waals surface area (Å²) >= 11 is 0. The summed E-state index contributed by atoms with van der Waals surface area (Å²) in [5.74, 6) is 1.56. The molecule has 7 heteroatoms. The molecule has 0 amide bonds. The summed E-state index contributed by atoms with van der Waals surface area (Å²) in [5, 5.41) is 4.09.